The zero-order valence-corrected chi connectivity index (χ0v) is 9.84. The first-order valence-corrected chi connectivity index (χ1v) is 6.24. The van der Waals surface area contributed by atoms with Crippen molar-refractivity contribution in [2.24, 2.45) is 0 Å². The van der Waals surface area contributed by atoms with E-state index < -0.39 is 0 Å². The molecule has 0 bridgehead atoms. The minimum atomic E-state index is 1.30. The molecule has 0 aliphatic rings. The highest BCUT2D eigenvalue weighted by atomic mass is 32.2. The number of hydrogen-bond donors (Lipinski definition) is 0. The summed E-state index contributed by atoms with van der Waals surface area (Å²) in [5.41, 5.74) is 3.95. The summed E-state index contributed by atoms with van der Waals surface area (Å²) in [7, 11) is 0. The number of rotatable bonds is 2. The molecule has 0 N–H and O–H groups in total. The summed E-state index contributed by atoms with van der Waals surface area (Å²) in [5.74, 6) is 0. The van der Waals surface area contributed by atoms with Crippen molar-refractivity contribution in [1.82, 2.24) is 0 Å². The maximum absolute atomic E-state index is 2.19. The average Bonchev–Trinajstić information content (AvgIpc) is 2.30. The first-order chi connectivity index (χ1) is 7.31. The fourth-order valence-electron chi connectivity index (χ4n) is 1.67. The van der Waals surface area contributed by atoms with Crippen LogP contribution in [0.3, 0.4) is 0 Å². The van der Waals surface area contributed by atoms with Gasteiger partial charge in [-0.2, -0.15) is 0 Å². The van der Waals surface area contributed by atoms with E-state index in [1.807, 2.05) is 0 Å². The quantitative estimate of drug-likeness (QED) is 0.668. The molecule has 1 heteroatoms. The molecule has 2 aromatic carbocycles. The minimum Gasteiger partial charge on any atom is -0.130 e. The van der Waals surface area contributed by atoms with Crippen LogP contribution in [0.15, 0.2) is 53.4 Å². The maximum atomic E-state index is 2.19. The fraction of sp³-hybridized carbons (Fsp3) is 0.143. The Morgan fingerprint density at radius 3 is 2.13 bits per heavy atom. The second-order valence-corrected chi connectivity index (χ2v) is 4.42. The molecule has 0 fully saturated rings. The van der Waals surface area contributed by atoms with Gasteiger partial charge in [0.15, 0.2) is 0 Å². The summed E-state index contributed by atoms with van der Waals surface area (Å²) >= 11 is 1.78. The van der Waals surface area contributed by atoms with Gasteiger partial charge in [-0.15, -0.1) is 11.8 Å². The van der Waals surface area contributed by atoms with Crippen molar-refractivity contribution in [1.29, 1.82) is 0 Å². The molecule has 0 amide bonds. The highest BCUT2D eigenvalue weighted by Crippen LogP contribution is 2.25. The maximum Gasteiger partial charge on any atom is 0.00695 e. The van der Waals surface area contributed by atoms with E-state index in [2.05, 4.69) is 61.7 Å². The summed E-state index contributed by atoms with van der Waals surface area (Å²) in [6, 6.07) is 17.2. The van der Waals surface area contributed by atoms with Crippen LogP contribution >= 0.6 is 11.8 Å². The van der Waals surface area contributed by atoms with Gasteiger partial charge >= 0.3 is 0 Å². The third-order valence-electron chi connectivity index (χ3n) is 2.55. The second kappa shape index (κ2) is 4.54. The lowest BCUT2D eigenvalue weighted by Crippen LogP contribution is -1.82. The standard InChI is InChI=1S/C14H14S/c1-11-5-3-4-6-14(11)12-7-9-13(15-2)10-8-12/h3-10H,1-2H3. The molecule has 0 spiro atoms. The van der Waals surface area contributed by atoms with Gasteiger partial charge in [-0.3, -0.25) is 0 Å². The van der Waals surface area contributed by atoms with Crippen LogP contribution in [0.1, 0.15) is 5.56 Å². The molecule has 0 saturated carbocycles. The van der Waals surface area contributed by atoms with Crippen LogP contribution in [0.5, 0.6) is 0 Å². The number of thioether (sulfide) groups is 1. The topological polar surface area (TPSA) is 0 Å². The lowest BCUT2D eigenvalue weighted by atomic mass is 10.0. The molecule has 0 aliphatic carbocycles. The smallest absolute Gasteiger partial charge is 0.00695 e. The Morgan fingerprint density at radius 2 is 1.53 bits per heavy atom. The molecule has 76 valence electrons. The second-order valence-electron chi connectivity index (χ2n) is 3.54. The summed E-state index contributed by atoms with van der Waals surface area (Å²) in [6.07, 6.45) is 2.10. The SMILES string of the molecule is CSc1ccc(-c2ccccc2C)cc1. The van der Waals surface area contributed by atoms with E-state index in [1.54, 1.807) is 11.8 Å². The van der Waals surface area contributed by atoms with Crippen molar-refractivity contribution >= 4 is 11.8 Å². The normalized spacial score (nSPS) is 10.3. The molecule has 0 saturated heterocycles. The van der Waals surface area contributed by atoms with Gasteiger partial charge < -0.3 is 0 Å². The van der Waals surface area contributed by atoms with Crippen molar-refractivity contribution in [2.45, 2.75) is 11.8 Å². The van der Waals surface area contributed by atoms with Crippen molar-refractivity contribution in [2.75, 3.05) is 6.26 Å². The third kappa shape index (κ3) is 2.24. The minimum absolute atomic E-state index is 1.30. The molecule has 0 nitrogen and oxygen atoms in total. The number of aryl methyl sites for hydroxylation is 1. The van der Waals surface area contributed by atoms with Crippen LogP contribution in [-0.2, 0) is 0 Å². The largest absolute Gasteiger partial charge is 0.130 e. The summed E-state index contributed by atoms with van der Waals surface area (Å²) in [6.45, 7) is 2.15. The van der Waals surface area contributed by atoms with Crippen LogP contribution < -0.4 is 0 Å². The monoisotopic (exact) mass is 214 g/mol. The molecule has 0 heterocycles. The molecule has 0 aromatic heterocycles. The van der Waals surface area contributed by atoms with Crippen LogP contribution in [0.4, 0.5) is 0 Å². The lowest BCUT2D eigenvalue weighted by Gasteiger charge is -2.06. The van der Waals surface area contributed by atoms with Gasteiger partial charge in [-0.25, -0.2) is 0 Å². The van der Waals surface area contributed by atoms with E-state index in [0.29, 0.717) is 0 Å². The highest BCUT2D eigenvalue weighted by Gasteiger charge is 1.99. The molecule has 0 unspecified atom stereocenters. The molecule has 0 aliphatic heterocycles. The molecule has 15 heavy (non-hydrogen) atoms. The van der Waals surface area contributed by atoms with E-state index in [0.717, 1.165) is 0 Å². The van der Waals surface area contributed by atoms with Crippen molar-refractivity contribution in [3.63, 3.8) is 0 Å². The summed E-state index contributed by atoms with van der Waals surface area (Å²) < 4.78 is 0. The Morgan fingerprint density at radius 1 is 0.867 bits per heavy atom. The molecular weight excluding hydrogens is 200 g/mol. The van der Waals surface area contributed by atoms with Gasteiger partial charge in [-0.05, 0) is 42.0 Å². The lowest BCUT2D eigenvalue weighted by molar-refractivity contribution is 1.42. The van der Waals surface area contributed by atoms with E-state index in [1.165, 1.54) is 21.6 Å². The van der Waals surface area contributed by atoms with Crippen LogP contribution in [0.2, 0.25) is 0 Å². The zero-order valence-electron chi connectivity index (χ0n) is 9.03. The van der Waals surface area contributed by atoms with E-state index >= 15 is 0 Å². The Bertz CT molecular complexity index is 443. The van der Waals surface area contributed by atoms with E-state index in [9.17, 15) is 0 Å². The van der Waals surface area contributed by atoms with Gasteiger partial charge in [0.25, 0.3) is 0 Å². The Balaban J connectivity index is 2.42. The molecule has 0 radical (unpaired) electrons. The summed E-state index contributed by atoms with van der Waals surface area (Å²) in [4.78, 5) is 1.31. The van der Waals surface area contributed by atoms with Crippen LogP contribution in [0.25, 0.3) is 11.1 Å². The fourth-order valence-corrected chi connectivity index (χ4v) is 2.08. The van der Waals surface area contributed by atoms with Crippen LogP contribution in [-0.4, -0.2) is 6.26 Å². The van der Waals surface area contributed by atoms with E-state index in [4.69, 9.17) is 0 Å². The average molecular weight is 214 g/mol. The Kier molecular flexibility index (Phi) is 3.12. The molecule has 2 rings (SSSR count). The molecular formula is C14H14S. The van der Waals surface area contributed by atoms with Crippen molar-refractivity contribution < 1.29 is 0 Å². The van der Waals surface area contributed by atoms with Gasteiger partial charge in [-0.1, -0.05) is 36.4 Å². The Hall–Kier alpha value is -1.21. The van der Waals surface area contributed by atoms with Gasteiger partial charge in [0, 0.05) is 4.90 Å². The predicted molar refractivity (Wildman–Crippen MR) is 68.4 cm³/mol. The van der Waals surface area contributed by atoms with Gasteiger partial charge in [0.2, 0.25) is 0 Å². The summed E-state index contributed by atoms with van der Waals surface area (Å²) in [5, 5.41) is 0. The predicted octanol–water partition coefficient (Wildman–Crippen LogP) is 4.38. The number of hydrogen-bond acceptors (Lipinski definition) is 1. The first-order valence-electron chi connectivity index (χ1n) is 5.01. The zero-order chi connectivity index (χ0) is 10.7. The van der Waals surface area contributed by atoms with Crippen molar-refractivity contribution in [3.05, 3.63) is 54.1 Å². The van der Waals surface area contributed by atoms with E-state index in [-0.39, 0.29) is 0 Å². The molecule has 0 atom stereocenters. The third-order valence-corrected chi connectivity index (χ3v) is 3.29. The van der Waals surface area contributed by atoms with Gasteiger partial charge in [0.1, 0.15) is 0 Å². The first kappa shape index (κ1) is 10.3. The number of benzene rings is 2. The van der Waals surface area contributed by atoms with Crippen molar-refractivity contribution in [3.8, 4) is 11.1 Å². The Labute approximate surface area is 95.3 Å². The highest BCUT2D eigenvalue weighted by molar-refractivity contribution is 7.98. The van der Waals surface area contributed by atoms with Crippen LogP contribution in [0, 0.1) is 6.92 Å². The van der Waals surface area contributed by atoms with Gasteiger partial charge in [0.05, 0.1) is 0 Å². The molecule has 2 aromatic rings.